The molecule has 2 N–H and O–H groups in total. The minimum atomic E-state index is -0.0521. The summed E-state index contributed by atoms with van der Waals surface area (Å²) in [5.74, 6) is 0.402. The number of aromatic nitrogens is 1. The fourth-order valence-corrected chi connectivity index (χ4v) is 3.69. The first-order valence-electron chi connectivity index (χ1n) is 7.07. The first-order valence-corrected chi connectivity index (χ1v) is 8.29. The molecule has 0 atom stereocenters. The Balaban J connectivity index is 1.86. The Hall–Kier alpha value is -1.70. The van der Waals surface area contributed by atoms with Crippen LogP contribution in [0.25, 0.3) is 0 Å². The van der Waals surface area contributed by atoms with E-state index in [2.05, 4.69) is 0 Å². The van der Waals surface area contributed by atoms with E-state index in [0.717, 1.165) is 5.56 Å². The van der Waals surface area contributed by atoms with Gasteiger partial charge in [-0.2, -0.15) is 0 Å². The standard InChI is InChI=1S/C15H17N3O2S2/c16-13-12(14(19)17-6-8-20-9-7-17)22-15(21)18(13)10-11-4-2-1-3-5-11/h1-5H,6-10,16H2. The monoisotopic (exact) mass is 335 g/mol. The van der Waals surface area contributed by atoms with Crippen molar-refractivity contribution in [2.24, 2.45) is 0 Å². The van der Waals surface area contributed by atoms with Crippen molar-refractivity contribution < 1.29 is 9.53 Å². The minimum Gasteiger partial charge on any atom is -0.384 e. The lowest BCUT2D eigenvalue weighted by atomic mass is 10.2. The predicted molar refractivity (Wildman–Crippen MR) is 89.8 cm³/mol. The number of ether oxygens (including phenoxy) is 1. The number of carbonyl (C=O) groups excluding carboxylic acids is 1. The molecule has 2 aromatic rings. The lowest BCUT2D eigenvalue weighted by molar-refractivity contribution is 0.0306. The van der Waals surface area contributed by atoms with Crippen molar-refractivity contribution in [1.82, 2.24) is 9.47 Å². The molecule has 0 unspecified atom stereocenters. The lowest BCUT2D eigenvalue weighted by Gasteiger charge is -2.26. The molecule has 116 valence electrons. The Morgan fingerprint density at radius 2 is 1.95 bits per heavy atom. The number of thiazole rings is 1. The molecular weight excluding hydrogens is 318 g/mol. The number of amides is 1. The molecule has 7 heteroatoms. The molecule has 1 aliphatic heterocycles. The van der Waals surface area contributed by atoms with Crippen LogP contribution in [0.2, 0.25) is 0 Å². The maximum absolute atomic E-state index is 12.6. The number of nitrogens with zero attached hydrogens (tertiary/aromatic N) is 2. The second kappa shape index (κ2) is 6.60. The molecule has 5 nitrogen and oxygen atoms in total. The molecule has 3 rings (SSSR count). The fraction of sp³-hybridized carbons (Fsp3) is 0.333. The van der Waals surface area contributed by atoms with E-state index in [4.69, 9.17) is 22.7 Å². The predicted octanol–water partition coefficient (Wildman–Crippen LogP) is 2.38. The van der Waals surface area contributed by atoms with Crippen LogP contribution >= 0.6 is 23.6 Å². The van der Waals surface area contributed by atoms with Gasteiger partial charge in [0.1, 0.15) is 10.7 Å². The van der Waals surface area contributed by atoms with E-state index in [1.165, 1.54) is 11.3 Å². The molecule has 1 aromatic heterocycles. The van der Waals surface area contributed by atoms with Crippen LogP contribution in [0.15, 0.2) is 30.3 Å². The van der Waals surface area contributed by atoms with Gasteiger partial charge >= 0.3 is 0 Å². The number of rotatable bonds is 3. The van der Waals surface area contributed by atoms with Crippen molar-refractivity contribution in [3.63, 3.8) is 0 Å². The summed E-state index contributed by atoms with van der Waals surface area (Å²) < 4.78 is 7.72. The third-order valence-electron chi connectivity index (χ3n) is 3.61. The first kappa shape index (κ1) is 15.2. The quantitative estimate of drug-likeness (QED) is 0.875. The zero-order valence-electron chi connectivity index (χ0n) is 12.0. The van der Waals surface area contributed by atoms with E-state index in [1.807, 2.05) is 34.9 Å². The number of nitrogens with two attached hydrogens (primary N) is 1. The van der Waals surface area contributed by atoms with E-state index in [0.29, 0.717) is 47.5 Å². The zero-order chi connectivity index (χ0) is 15.5. The number of hydrogen-bond donors (Lipinski definition) is 1. The smallest absolute Gasteiger partial charge is 0.267 e. The number of hydrogen-bond acceptors (Lipinski definition) is 5. The van der Waals surface area contributed by atoms with Crippen LogP contribution in [0.3, 0.4) is 0 Å². The van der Waals surface area contributed by atoms with Crippen molar-refractivity contribution >= 4 is 35.3 Å². The van der Waals surface area contributed by atoms with Gasteiger partial charge in [0.25, 0.3) is 5.91 Å². The van der Waals surface area contributed by atoms with Gasteiger partial charge in [-0.3, -0.25) is 4.79 Å². The second-order valence-corrected chi connectivity index (χ2v) is 6.70. The van der Waals surface area contributed by atoms with Crippen molar-refractivity contribution in [2.45, 2.75) is 6.54 Å². The van der Waals surface area contributed by atoms with Gasteiger partial charge in [0.15, 0.2) is 3.95 Å². The lowest BCUT2D eigenvalue weighted by Crippen LogP contribution is -2.40. The molecule has 1 aromatic carbocycles. The number of anilines is 1. The van der Waals surface area contributed by atoms with Crippen LogP contribution in [-0.4, -0.2) is 41.7 Å². The number of benzene rings is 1. The Morgan fingerprint density at radius 1 is 1.27 bits per heavy atom. The van der Waals surface area contributed by atoms with E-state index in [9.17, 15) is 4.79 Å². The van der Waals surface area contributed by atoms with E-state index in [1.54, 1.807) is 4.90 Å². The van der Waals surface area contributed by atoms with Crippen LogP contribution in [0.1, 0.15) is 15.2 Å². The molecule has 0 radical (unpaired) electrons. The summed E-state index contributed by atoms with van der Waals surface area (Å²) in [6.45, 7) is 2.92. The van der Waals surface area contributed by atoms with Gasteiger partial charge < -0.3 is 19.9 Å². The largest absolute Gasteiger partial charge is 0.384 e. The topological polar surface area (TPSA) is 60.5 Å². The molecule has 0 aliphatic carbocycles. The van der Waals surface area contributed by atoms with Crippen molar-refractivity contribution in [1.29, 1.82) is 0 Å². The summed E-state index contributed by atoms with van der Waals surface area (Å²) in [6, 6.07) is 9.94. The van der Waals surface area contributed by atoms with Gasteiger partial charge in [0.05, 0.1) is 19.8 Å². The van der Waals surface area contributed by atoms with Crippen molar-refractivity contribution in [2.75, 3.05) is 32.0 Å². The van der Waals surface area contributed by atoms with Crippen molar-refractivity contribution in [3.05, 3.63) is 44.7 Å². The van der Waals surface area contributed by atoms with Crippen LogP contribution in [-0.2, 0) is 11.3 Å². The van der Waals surface area contributed by atoms with E-state index >= 15 is 0 Å². The third kappa shape index (κ3) is 3.06. The summed E-state index contributed by atoms with van der Waals surface area (Å²) in [6.07, 6.45) is 0. The Morgan fingerprint density at radius 3 is 2.64 bits per heavy atom. The molecule has 1 saturated heterocycles. The highest BCUT2D eigenvalue weighted by molar-refractivity contribution is 7.73. The molecule has 1 amide bonds. The molecule has 0 spiro atoms. The minimum absolute atomic E-state index is 0.0521. The molecule has 0 bridgehead atoms. The molecule has 1 aliphatic rings. The Bertz CT molecular complexity index is 718. The van der Waals surface area contributed by atoms with Gasteiger partial charge in [-0.25, -0.2) is 0 Å². The van der Waals surface area contributed by atoms with Crippen molar-refractivity contribution in [3.8, 4) is 0 Å². The van der Waals surface area contributed by atoms with Crippen LogP contribution in [0, 0.1) is 3.95 Å². The number of carbonyl (C=O) groups is 1. The average molecular weight is 335 g/mol. The van der Waals surface area contributed by atoms with E-state index in [-0.39, 0.29) is 5.91 Å². The van der Waals surface area contributed by atoms with Crippen LogP contribution in [0.4, 0.5) is 5.82 Å². The molecular formula is C15H17N3O2S2. The summed E-state index contributed by atoms with van der Waals surface area (Å²) >= 11 is 6.67. The summed E-state index contributed by atoms with van der Waals surface area (Å²) in [4.78, 5) is 14.9. The Labute approximate surface area is 137 Å². The molecule has 22 heavy (non-hydrogen) atoms. The maximum atomic E-state index is 12.6. The highest BCUT2D eigenvalue weighted by Crippen LogP contribution is 2.25. The summed E-state index contributed by atoms with van der Waals surface area (Å²) in [5.41, 5.74) is 7.29. The van der Waals surface area contributed by atoms with E-state index < -0.39 is 0 Å². The maximum Gasteiger partial charge on any atom is 0.267 e. The average Bonchev–Trinajstić information content (AvgIpc) is 2.84. The van der Waals surface area contributed by atoms with Gasteiger partial charge in [-0.1, -0.05) is 41.7 Å². The summed E-state index contributed by atoms with van der Waals surface area (Å²) in [5, 5.41) is 0. The number of morpholine rings is 1. The Kier molecular flexibility index (Phi) is 4.56. The zero-order valence-corrected chi connectivity index (χ0v) is 13.7. The van der Waals surface area contributed by atoms with Gasteiger partial charge in [-0.15, -0.1) is 0 Å². The molecule has 2 heterocycles. The van der Waals surface area contributed by atoms with Crippen LogP contribution < -0.4 is 5.73 Å². The molecule has 1 fully saturated rings. The summed E-state index contributed by atoms with van der Waals surface area (Å²) in [7, 11) is 0. The number of nitrogen functional groups attached to an aromatic ring is 1. The van der Waals surface area contributed by atoms with Gasteiger partial charge in [0.2, 0.25) is 0 Å². The highest BCUT2D eigenvalue weighted by Gasteiger charge is 2.24. The highest BCUT2D eigenvalue weighted by atomic mass is 32.1. The molecule has 0 saturated carbocycles. The normalized spacial score (nSPS) is 15.0. The SMILES string of the molecule is Nc1c(C(=O)N2CCOCC2)sc(=S)n1Cc1ccccc1. The fourth-order valence-electron chi connectivity index (χ4n) is 2.39. The second-order valence-electron chi connectivity index (χ2n) is 5.06. The van der Waals surface area contributed by atoms with Gasteiger partial charge in [0, 0.05) is 13.1 Å². The van der Waals surface area contributed by atoms with Gasteiger partial charge in [-0.05, 0) is 17.8 Å². The first-order chi connectivity index (χ1) is 10.7. The third-order valence-corrected chi connectivity index (χ3v) is 5.06. The van der Waals surface area contributed by atoms with Crippen LogP contribution in [0.5, 0.6) is 0 Å².